The summed E-state index contributed by atoms with van der Waals surface area (Å²) in [6.07, 6.45) is 2.01. The normalized spacial score (nSPS) is 19.1. The van der Waals surface area contributed by atoms with Crippen molar-refractivity contribution < 1.29 is 9.90 Å². The first kappa shape index (κ1) is 11.8. The van der Waals surface area contributed by atoms with E-state index in [1.165, 1.54) is 0 Å². The summed E-state index contributed by atoms with van der Waals surface area (Å²) in [5.74, 6) is 0.275. The van der Waals surface area contributed by atoms with Crippen molar-refractivity contribution >= 4 is 17.5 Å². The molecule has 4 heteroatoms. The summed E-state index contributed by atoms with van der Waals surface area (Å²) < 4.78 is 0. The van der Waals surface area contributed by atoms with E-state index in [4.69, 9.17) is 16.7 Å². The van der Waals surface area contributed by atoms with Crippen LogP contribution >= 0.6 is 11.6 Å². The van der Waals surface area contributed by atoms with Gasteiger partial charge in [0.05, 0.1) is 12.0 Å². The van der Waals surface area contributed by atoms with Crippen LogP contribution in [0.1, 0.15) is 26.7 Å². The molecule has 1 aliphatic rings. The summed E-state index contributed by atoms with van der Waals surface area (Å²) >= 11 is 5.68. The van der Waals surface area contributed by atoms with Crippen molar-refractivity contribution in [3.8, 4) is 0 Å². The Morgan fingerprint density at radius 1 is 1.57 bits per heavy atom. The first-order valence-electron chi connectivity index (χ1n) is 4.91. The minimum atomic E-state index is -0.521. The number of alkyl halides is 1. The van der Waals surface area contributed by atoms with E-state index in [9.17, 15) is 4.79 Å². The molecule has 1 aliphatic carbocycles. The molecular formula is C10H18ClNO2. The van der Waals surface area contributed by atoms with Crippen molar-refractivity contribution in [1.82, 2.24) is 5.32 Å². The summed E-state index contributed by atoms with van der Waals surface area (Å²) in [5, 5.41) is 11.9. The van der Waals surface area contributed by atoms with E-state index in [1.807, 2.05) is 13.8 Å². The summed E-state index contributed by atoms with van der Waals surface area (Å²) in [4.78, 5) is 11.6. The fourth-order valence-corrected chi connectivity index (χ4v) is 1.26. The van der Waals surface area contributed by atoms with E-state index in [0.29, 0.717) is 12.4 Å². The van der Waals surface area contributed by atoms with Crippen LogP contribution in [0.4, 0.5) is 0 Å². The molecule has 0 radical (unpaired) electrons. The van der Waals surface area contributed by atoms with Crippen LogP contribution < -0.4 is 5.32 Å². The van der Waals surface area contributed by atoms with Gasteiger partial charge in [0.2, 0.25) is 5.91 Å². The van der Waals surface area contributed by atoms with Crippen molar-refractivity contribution in [2.24, 2.45) is 10.8 Å². The monoisotopic (exact) mass is 219 g/mol. The Hall–Kier alpha value is -0.280. The highest BCUT2D eigenvalue weighted by molar-refractivity contribution is 6.19. The lowest BCUT2D eigenvalue weighted by Crippen LogP contribution is -2.41. The molecule has 0 bridgehead atoms. The molecule has 1 rings (SSSR count). The number of carbonyl (C=O) groups is 1. The first-order valence-corrected chi connectivity index (χ1v) is 5.44. The van der Waals surface area contributed by atoms with E-state index in [0.717, 1.165) is 12.8 Å². The molecule has 1 amide bonds. The number of carbonyl (C=O) groups excluding carboxylic acids is 1. The maximum absolute atomic E-state index is 11.6. The zero-order valence-electron chi connectivity index (χ0n) is 8.77. The van der Waals surface area contributed by atoms with Crippen LogP contribution in [0, 0.1) is 10.8 Å². The van der Waals surface area contributed by atoms with E-state index < -0.39 is 5.41 Å². The smallest absolute Gasteiger partial charge is 0.226 e. The van der Waals surface area contributed by atoms with Crippen LogP contribution in [0.15, 0.2) is 0 Å². The molecule has 0 aromatic carbocycles. The molecule has 0 atom stereocenters. The van der Waals surface area contributed by atoms with Crippen LogP contribution in [0.5, 0.6) is 0 Å². The Bertz CT molecular complexity index is 224. The predicted octanol–water partition coefficient (Wildman–Crippen LogP) is 1.14. The predicted molar refractivity (Wildman–Crippen MR) is 56.3 cm³/mol. The molecule has 0 aromatic heterocycles. The zero-order valence-corrected chi connectivity index (χ0v) is 9.52. The molecule has 14 heavy (non-hydrogen) atoms. The zero-order chi connectivity index (χ0) is 10.8. The molecule has 1 saturated carbocycles. The molecule has 1 fully saturated rings. The third-order valence-corrected chi connectivity index (χ3v) is 3.53. The minimum Gasteiger partial charge on any atom is -0.396 e. The Kier molecular flexibility index (Phi) is 3.43. The number of amides is 1. The number of aliphatic hydroxyl groups is 1. The van der Waals surface area contributed by atoms with E-state index in [2.05, 4.69) is 5.32 Å². The van der Waals surface area contributed by atoms with Crippen LogP contribution in [-0.2, 0) is 4.79 Å². The van der Waals surface area contributed by atoms with Gasteiger partial charge in [-0.3, -0.25) is 4.79 Å². The number of hydrogen-bond acceptors (Lipinski definition) is 2. The Labute approximate surface area is 89.8 Å². The van der Waals surface area contributed by atoms with Crippen LogP contribution in [0.3, 0.4) is 0 Å². The standard InChI is InChI=1S/C10H18ClNO2/c1-9(2,5-11)8(14)12-6-10(7-13)3-4-10/h13H,3-7H2,1-2H3,(H,12,14). The van der Waals surface area contributed by atoms with Crippen molar-refractivity contribution in [2.45, 2.75) is 26.7 Å². The van der Waals surface area contributed by atoms with Gasteiger partial charge >= 0.3 is 0 Å². The number of rotatable bonds is 5. The summed E-state index contributed by atoms with van der Waals surface area (Å²) in [5.41, 5.74) is -0.550. The minimum absolute atomic E-state index is 0.0297. The van der Waals surface area contributed by atoms with Crippen LogP contribution in [-0.4, -0.2) is 30.0 Å². The van der Waals surface area contributed by atoms with Crippen molar-refractivity contribution in [2.75, 3.05) is 19.0 Å². The highest BCUT2D eigenvalue weighted by atomic mass is 35.5. The lowest BCUT2D eigenvalue weighted by atomic mass is 9.95. The van der Waals surface area contributed by atoms with Gasteiger partial charge in [0.15, 0.2) is 0 Å². The lowest BCUT2D eigenvalue weighted by molar-refractivity contribution is -0.128. The second-order valence-corrected chi connectivity index (χ2v) is 5.13. The molecular weight excluding hydrogens is 202 g/mol. The van der Waals surface area contributed by atoms with Gasteiger partial charge in [0.25, 0.3) is 0 Å². The molecule has 82 valence electrons. The average Bonchev–Trinajstić information content (AvgIpc) is 2.95. The van der Waals surface area contributed by atoms with Crippen molar-refractivity contribution in [3.63, 3.8) is 0 Å². The lowest BCUT2D eigenvalue weighted by Gasteiger charge is -2.22. The van der Waals surface area contributed by atoms with Crippen molar-refractivity contribution in [1.29, 1.82) is 0 Å². The molecule has 0 spiro atoms. The van der Waals surface area contributed by atoms with Gasteiger partial charge in [0, 0.05) is 17.8 Å². The highest BCUT2D eigenvalue weighted by Crippen LogP contribution is 2.44. The molecule has 0 heterocycles. The summed E-state index contributed by atoms with van der Waals surface area (Å²) in [6.45, 7) is 4.36. The fourth-order valence-electron chi connectivity index (χ4n) is 1.14. The second-order valence-electron chi connectivity index (χ2n) is 4.86. The van der Waals surface area contributed by atoms with E-state index in [-0.39, 0.29) is 17.9 Å². The van der Waals surface area contributed by atoms with E-state index >= 15 is 0 Å². The third kappa shape index (κ3) is 2.61. The fraction of sp³-hybridized carbons (Fsp3) is 0.900. The Morgan fingerprint density at radius 2 is 2.14 bits per heavy atom. The molecule has 0 aliphatic heterocycles. The molecule has 0 saturated heterocycles. The third-order valence-electron chi connectivity index (χ3n) is 2.87. The average molecular weight is 220 g/mol. The summed E-state index contributed by atoms with van der Waals surface area (Å²) in [6, 6.07) is 0. The summed E-state index contributed by atoms with van der Waals surface area (Å²) in [7, 11) is 0. The molecule has 2 N–H and O–H groups in total. The van der Waals surface area contributed by atoms with Gasteiger partial charge in [-0.25, -0.2) is 0 Å². The molecule has 0 aromatic rings. The van der Waals surface area contributed by atoms with Gasteiger partial charge in [-0.1, -0.05) is 0 Å². The van der Waals surface area contributed by atoms with Gasteiger partial charge in [-0.2, -0.15) is 0 Å². The Balaban J connectivity index is 2.35. The largest absolute Gasteiger partial charge is 0.396 e. The number of nitrogens with one attached hydrogen (secondary N) is 1. The van der Waals surface area contributed by atoms with Gasteiger partial charge < -0.3 is 10.4 Å². The molecule has 3 nitrogen and oxygen atoms in total. The SMILES string of the molecule is CC(C)(CCl)C(=O)NCC1(CO)CC1. The second kappa shape index (κ2) is 4.07. The Morgan fingerprint density at radius 3 is 2.50 bits per heavy atom. The number of aliphatic hydroxyl groups excluding tert-OH is 1. The quantitative estimate of drug-likeness (QED) is 0.682. The van der Waals surface area contributed by atoms with Gasteiger partial charge in [0.1, 0.15) is 0 Å². The van der Waals surface area contributed by atoms with Crippen molar-refractivity contribution in [3.05, 3.63) is 0 Å². The van der Waals surface area contributed by atoms with Gasteiger partial charge in [-0.05, 0) is 26.7 Å². The maximum Gasteiger partial charge on any atom is 0.226 e. The van der Waals surface area contributed by atoms with Crippen LogP contribution in [0.2, 0.25) is 0 Å². The first-order chi connectivity index (χ1) is 6.46. The number of halogens is 1. The number of hydrogen-bond donors (Lipinski definition) is 2. The van der Waals surface area contributed by atoms with Crippen LogP contribution in [0.25, 0.3) is 0 Å². The molecule has 0 unspecified atom stereocenters. The maximum atomic E-state index is 11.6. The highest BCUT2D eigenvalue weighted by Gasteiger charge is 2.42. The topological polar surface area (TPSA) is 49.3 Å². The van der Waals surface area contributed by atoms with Gasteiger partial charge in [-0.15, -0.1) is 11.6 Å². The van der Waals surface area contributed by atoms with E-state index in [1.54, 1.807) is 0 Å².